The molecule has 26 heavy (non-hydrogen) atoms. The van der Waals surface area contributed by atoms with Gasteiger partial charge in [-0.1, -0.05) is 45.0 Å². The minimum absolute atomic E-state index is 0.00292. The SMILES string of the molecule is CN1CCCc2cc(CCNC(=O)c3ccc(C(C)(C)C)cc3)ccc21. The number of rotatable bonds is 4. The van der Waals surface area contributed by atoms with E-state index in [0.717, 1.165) is 24.9 Å². The van der Waals surface area contributed by atoms with Crippen molar-refractivity contribution in [3.05, 3.63) is 64.7 Å². The third-order valence-corrected chi connectivity index (χ3v) is 5.21. The van der Waals surface area contributed by atoms with Crippen LogP contribution in [0.4, 0.5) is 5.69 Å². The van der Waals surface area contributed by atoms with E-state index in [2.05, 4.69) is 68.4 Å². The van der Waals surface area contributed by atoms with E-state index in [1.165, 1.54) is 28.8 Å². The monoisotopic (exact) mass is 350 g/mol. The first kappa shape index (κ1) is 18.5. The molecule has 1 aliphatic rings. The fourth-order valence-corrected chi connectivity index (χ4v) is 3.54. The number of carbonyl (C=O) groups is 1. The van der Waals surface area contributed by atoms with Gasteiger partial charge in [0.15, 0.2) is 0 Å². The van der Waals surface area contributed by atoms with Gasteiger partial charge in [0.1, 0.15) is 0 Å². The van der Waals surface area contributed by atoms with E-state index in [4.69, 9.17) is 0 Å². The van der Waals surface area contributed by atoms with Crippen molar-refractivity contribution in [2.75, 3.05) is 25.0 Å². The maximum atomic E-state index is 12.4. The number of anilines is 1. The summed E-state index contributed by atoms with van der Waals surface area (Å²) in [5, 5.41) is 3.05. The highest BCUT2D eigenvalue weighted by Crippen LogP contribution is 2.27. The molecule has 1 amide bonds. The molecular formula is C23H30N2O. The van der Waals surface area contributed by atoms with Crippen molar-refractivity contribution >= 4 is 11.6 Å². The molecule has 0 fully saturated rings. The maximum absolute atomic E-state index is 12.4. The lowest BCUT2D eigenvalue weighted by atomic mass is 9.87. The molecule has 0 saturated heterocycles. The largest absolute Gasteiger partial charge is 0.374 e. The first-order chi connectivity index (χ1) is 12.3. The Morgan fingerprint density at radius 1 is 1.12 bits per heavy atom. The second-order valence-corrected chi connectivity index (χ2v) is 8.32. The summed E-state index contributed by atoms with van der Waals surface area (Å²) >= 11 is 0. The summed E-state index contributed by atoms with van der Waals surface area (Å²) in [6, 6.07) is 14.6. The summed E-state index contributed by atoms with van der Waals surface area (Å²) in [6.07, 6.45) is 3.23. The Balaban J connectivity index is 1.55. The second-order valence-electron chi connectivity index (χ2n) is 8.32. The van der Waals surface area contributed by atoms with Crippen LogP contribution in [0.2, 0.25) is 0 Å². The van der Waals surface area contributed by atoms with Crippen molar-refractivity contribution in [2.24, 2.45) is 0 Å². The van der Waals surface area contributed by atoms with E-state index >= 15 is 0 Å². The minimum atomic E-state index is 0.00292. The molecule has 0 unspecified atom stereocenters. The van der Waals surface area contributed by atoms with Crippen LogP contribution in [-0.4, -0.2) is 26.0 Å². The standard InChI is InChI=1S/C23H30N2O/c1-23(2,3)20-10-8-18(9-11-20)22(26)24-14-13-17-7-12-21-19(16-17)6-5-15-25(21)4/h7-12,16H,5-6,13-15H2,1-4H3,(H,24,26). The summed E-state index contributed by atoms with van der Waals surface area (Å²) in [5.41, 5.74) is 6.15. The van der Waals surface area contributed by atoms with Gasteiger partial charge in [-0.3, -0.25) is 4.79 Å². The molecule has 0 aliphatic carbocycles. The summed E-state index contributed by atoms with van der Waals surface area (Å²) < 4.78 is 0. The number of aryl methyl sites for hydroxylation is 1. The quantitative estimate of drug-likeness (QED) is 0.890. The van der Waals surface area contributed by atoms with Crippen LogP contribution < -0.4 is 10.2 Å². The Hall–Kier alpha value is -2.29. The molecule has 2 aromatic rings. The number of amides is 1. The van der Waals surface area contributed by atoms with Gasteiger partial charge in [-0.15, -0.1) is 0 Å². The van der Waals surface area contributed by atoms with Gasteiger partial charge in [-0.2, -0.15) is 0 Å². The first-order valence-electron chi connectivity index (χ1n) is 9.56. The third kappa shape index (κ3) is 4.27. The van der Waals surface area contributed by atoms with Crippen LogP contribution >= 0.6 is 0 Å². The van der Waals surface area contributed by atoms with Crippen LogP contribution in [0.3, 0.4) is 0 Å². The number of carbonyl (C=O) groups excluding carboxylic acids is 1. The molecule has 2 aromatic carbocycles. The third-order valence-electron chi connectivity index (χ3n) is 5.21. The van der Waals surface area contributed by atoms with Crippen molar-refractivity contribution in [3.8, 4) is 0 Å². The zero-order chi connectivity index (χ0) is 18.7. The second kappa shape index (κ2) is 7.53. The lowest BCUT2D eigenvalue weighted by Crippen LogP contribution is -2.26. The van der Waals surface area contributed by atoms with Crippen LogP contribution in [0.5, 0.6) is 0 Å². The number of nitrogens with one attached hydrogen (secondary N) is 1. The first-order valence-corrected chi connectivity index (χ1v) is 9.56. The normalized spacial score (nSPS) is 14.1. The number of benzene rings is 2. The van der Waals surface area contributed by atoms with Gasteiger partial charge in [0, 0.05) is 31.4 Å². The number of hydrogen-bond acceptors (Lipinski definition) is 2. The van der Waals surface area contributed by atoms with E-state index < -0.39 is 0 Å². The lowest BCUT2D eigenvalue weighted by Gasteiger charge is -2.27. The molecule has 1 heterocycles. The maximum Gasteiger partial charge on any atom is 0.251 e. The topological polar surface area (TPSA) is 32.3 Å². The highest BCUT2D eigenvalue weighted by molar-refractivity contribution is 5.94. The Labute approximate surface area is 157 Å². The average Bonchev–Trinajstić information content (AvgIpc) is 2.61. The van der Waals surface area contributed by atoms with Gasteiger partial charge >= 0.3 is 0 Å². The molecule has 0 atom stereocenters. The Kier molecular flexibility index (Phi) is 5.36. The average molecular weight is 351 g/mol. The van der Waals surface area contributed by atoms with E-state index in [0.29, 0.717) is 6.54 Å². The van der Waals surface area contributed by atoms with Gasteiger partial charge in [-0.25, -0.2) is 0 Å². The molecule has 1 N–H and O–H groups in total. The predicted octanol–water partition coefficient (Wildman–Crippen LogP) is 4.34. The molecule has 1 aliphatic heterocycles. The molecule has 0 aromatic heterocycles. The highest BCUT2D eigenvalue weighted by atomic mass is 16.1. The molecule has 3 rings (SSSR count). The Morgan fingerprint density at radius 3 is 2.54 bits per heavy atom. The predicted molar refractivity (Wildman–Crippen MR) is 109 cm³/mol. The minimum Gasteiger partial charge on any atom is -0.374 e. The molecule has 0 radical (unpaired) electrons. The van der Waals surface area contributed by atoms with Crippen LogP contribution in [0.25, 0.3) is 0 Å². The summed E-state index contributed by atoms with van der Waals surface area (Å²) in [4.78, 5) is 14.7. The van der Waals surface area contributed by atoms with Crippen LogP contribution in [0, 0.1) is 0 Å². The van der Waals surface area contributed by atoms with Gasteiger partial charge in [0.05, 0.1) is 0 Å². The van der Waals surface area contributed by atoms with Crippen LogP contribution in [0.1, 0.15) is 54.2 Å². The van der Waals surface area contributed by atoms with E-state index in [1.807, 2.05) is 12.1 Å². The smallest absolute Gasteiger partial charge is 0.251 e. The van der Waals surface area contributed by atoms with Crippen molar-refractivity contribution in [1.29, 1.82) is 0 Å². The molecule has 0 saturated carbocycles. The molecular weight excluding hydrogens is 320 g/mol. The molecule has 0 bridgehead atoms. The molecule has 138 valence electrons. The highest BCUT2D eigenvalue weighted by Gasteiger charge is 2.15. The fraction of sp³-hybridized carbons (Fsp3) is 0.435. The molecule has 3 nitrogen and oxygen atoms in total. The van der Waals surface area contributed by atoms with Gasteiger partial charge < -0.3 is 10.2 Å². The summed E-state index contributed by atoms with van der Waals surface area (Å²) in [5.74, 6) is 0.00292. The van der Waals surface area contributed by atoms with Gasteiger partial charge in [0.25, 0.3) is 5.91 Å². The summed E-state index contributed by atoms with van der Waals surface area (Å²) in [6.45, 7) is 8.33. The fourth-order valence-electron chi connectivity index (χ4n) is 3.54. The van der Waals surface area contributed by atoms with Crippen molar-refractivity contribution in [3.63, 3.8) is 0 Å². The molecule has 3 heteroatoms. The van der Waals surface area contributed by atoms with E-state index in [-0.39, 0.29) is 11.3 Å². The van der Waals surface area contributed by atoms with Crippen molar-refractivity contribution in [2.45, 2.75) is 45.4 Å². The van der Waals surface area contributed by atoms with Gasteiger partial charge in [0.2, 0.25) is 0 Å². The number of fused-ring (bicyclic) bond motifs is 1. The van der Waals surface area contributed by atoms with Crippen LogP contribution in [-0.2, 0) is 18.3 Å². The van der Waals surface area contributed by atoms with Gasteiger partial charge in [-0.05, 0) is 59.6 Å². The zero-order valence-corrected chi connectivity index (χ0v) is 16.4. The zero-order valence-electron chi connectivity index (χ0n) is 16.4. The Morgan fingerprint density at radius 2 is 1.85 bits per heavy atom. The van der Waals surface area contributed by atoms with Crippen LogP contribution in [0.15, 0.2) is 42.5 Å². The van der Waals surface area contributed by atoms with E-state index in [9.17, 15) is 4.79 Å². The van der Waals surface area contributed by atoms with Crippen molar-refractivity contribution in [1.82, 2.24) is 5.32 Å². The van der Waals surface area contributed by atoms with E-state index in [1.54, 1.807) is 0 Å². The lowest BCUT2D eigenvalue weighted by molar-refractivity contribution is 0.0954. The Bertz CT molecular complexity index is 772. The molecule has 0 spiro atoms. The number of nitrogens with zero attached hydrogens (tertiary/aromatic N) is 1. The summed E-state index contributed by atoms with van der Waals surface area (Å²) in [7, 11) is 2.16. The number of hydrogen-bond donors (Lipinski definition) is 1. The van der Waals surface area contributed by atoms with Crippen molar-refractivity contribution < 1.29 is 4.79 Å².